The van der Waals surface area contributed by atoms with Crippen LogP contribution in [-0.2, 0) is 9.53 Å². The summed E-state index contributed by atoms with van der Waals surface area (Å²) in [5.74, 6) is 3.48. The summed E-state index contributed by atoms with van der Waals surface area (Å²) in [5, 5.41) is 0. The third kappa shape index (κ3) is 8.59. The molecule has 1 aliphatic heterocycles. The lowest BCUT2D eigenvalue weighted by Gasteiger charge is -2.35. The topological polar surface area (TPSA) is 81.2 Å². The van der Waals surface area contributed by atoms with Crippen molar-refractivity contribution in [3.63, 3.8) is 0 Å². The van der Waals surface area contributed by atoms with Crippen molar-refractivity contribution >= 4 is 23.4 Å². The van der Waals surface area contributed by atoms with Crippen molar-refractivity contribution in [2.24, 2.45) is 17.8 Å². The van der Waals surface area contributed by atoms with Gasteiger partial charge in [-0.1, -0.05) is 26.0 Å². The molecule has 0 bridgehead atoms. The molecule has 3 aromatic rings. The molecule has 1 amide bonds. The number of carbonyl (C=O) groups excluding carboxylic acids is 2. The molecule has 8 heteroatoms. The number of anilines is 2. The Morgan fingerprint density at radius 2 is 1.78 bits per heavy atom. The average molecular weight is 628 g/mol. The van der Waals surface area contributed by atoms with E-state index in [1.54, 1.807) is 18.2 Å². The number of aromatic nitrogens is 1. The maximum Gasteiger partial charge on any atom is 0.306 e. The first-order chi connectivity index (χ1) is 22.2. The second-order valence-electron chi connectivity index (χ2n) is 13.2. The van der Waals surface area contributed by atoms with Gasteiger partial charge in [-0.3, -0.25) is 14.5 Å². The van der Waals surface area contributed by atoms with E-state index in [1.165, 1.54) is 0 Å². The lowest BCUT2D eigenvalue weighted by Crippen LogP contribution is -2.39. The Kier molecular flexibility index (Phi) is 11.2. The van der Waals surface area contributed by atoms with Gasteiger partial charge in [-0.2, -0.15) is 0 Å². The van der Waals surface area contributed by atoms with Gasteiger partial charge in [-0.15, -0.1) is 0 Å². The fourth-order valence-electron chi connectivity index (χ4n) is 6.38. The Labute approximate surface area is 274 Å². The summed E-state index contributed by atoms with van der Waals surface area (Å²) in [6, 6.07) is 17.9. The van der Waals surface area contributed by atoms with Gasteiger partial charge in [0.1, 0.15) is 17.3 Å². The van der Waals surface area contributed by atoms with Gasteiger partial charge in [0.15, 0.2) is 0 Å². The second kappa shape index (κ2) is 15.5. The zero-order chi connectivity index (χ0) is 32.6. The van der Waals surface area contributed by atoms with E-state index >= 15 is 0 Å². The summed E-state index contributed by atoms with van der Waals surface area (Å²) in [7, 11) is 1.66. The van der Waals surface area contributed by atoms with Gasteiger partial charge in [-0.25, -0.2) is 4.98 Å². The molecule has 2 fully saturated rings. The Morgan fingerprint density at radius 1 is 1.00 bits per heavy atom. The van der Waals surface area contributed by atoms with E-state index in [-0.39, 0.29) is 23.7 Å². The number of hydrogen-bond donors (Lipinski definition) is 0. The highest BCUT2D eigenvalue weighted by molar-refractivity contribution is 6.09. The molecule has 0 spiro atoms. The first kappa shape index (κ1) is 33.3. The number of piperidine rings is 1. The van der Waals surface area contributed by atoms with Gasteiger partial charge < -0.3 is 19.1 Å². The SMILES string of the molecule is CCOC(=O)CC(c1cccc(OCC2CCN(c3cc(OC)ccc3C(=O)N(CC(C)C)c3cc(C)ccn3)CC2)c1)C1CC1. The first-order valence-corrected chi connectivity index (χ1v) is 16.8. The highest BCUT2D eigenvalue weighted by Crippen LogP contribution is 2.45. The molecular formula is C38H49N3O5. The number of esters is 1. The van der Waals surface area contributed by atoms with Crippen molar-refractivity contribution in [2.75, 3.05) is 49.8 Å². The standard InChI is InChI=1S/C38H49N3O5/c1-6-45-37(42)23-34(29-10-11-29)30-8-7-9-32(21-30)46-25-28-15-18-40(19-16-28)35-22-31(44-5)12-13-33(35)38(43)41(24-26(2)3)36-20-27(4)14-17-39-36/h7-9,12-14,17,20-22,26,28-29,34H,6,10-11,15-16,18-19,23-25H2,1-5H3. The number of pyridine rings is 1. The highest BCUT2D eigenvalue weighted by atomic mass is 16.5. The number of aryl methyl sites for hydroxylation is 1. The van der Waals surface area contributed by atoms with E-state index in [9.17, 15) is 9.59 Å². The van der Waals surface area contributed by atoms with Crippen molar-refractivity contribution in [1.29, 1.82) is 0 Å². The van der Waals surface area contributed by atoms with Crippen LogP contribution in [0.1, 0.15) is 80.3 Å². The number of rotatable bonds is 14. The summed E-state index contributed by atoms with van der Waals surface area (Å²) >= 11 is 0. The van der Waals surface area contributed by atoms with Gasteiger partial charge in [-0.05, 0) is 111 Å². The van der Waals surface area contributed by atoms with Crippen molar-refractivity contribution in [1.82, 2.24) is 4.98 Å². The molecule has 46 heavy (non-hydrogen) atoms. The van der Waals surface area contributed by atoms with Gasteiger partial charge in [0.2, 0.25) is 0 Å². The van der Waals surface area contributed by atoms with Crippen LogP contribution in [0.2, 0.25) is 0 Å². The van der Waals surface area contributed by atoms with Crippen LogP contribution in [0.4, 0.5) is 11.5 Å². The Bertz CT molecular complexity index is 1480. The third-order valence-corrected chi connectivity index (χ3v) is 9.02. The fourth-order valence-corrected chi connectivity index (χ4v) is 6.38. The van der Waals surface area contributed by atoms with Gasteiger partial charge in [0.25, 0.3) is 5.91 Å². The van der Waals surface area contributed by atoms with Crippen LogP contribution in [0.3, 0.4) is 0 Å². The minimum absolute atomic E-state index is 0.0535. The predicted octanol–water partition coefficient (Wildman–Crippen LogP) is 7.44. The Balaban J connectivity index is 1.25. The lowest BCUT2D eigenvalue weighted by molar-refractivity contribution is -0.143. The van der Waals surface area contributed by atoms with Crippen molar-refractivity contribution < 1.29 is 23.8 Å². The minimum atomic E-state index is -0.127. The van der Waals surface area contributed by atoms with Crippen LogP contribution in [0.25, 0.3) is 0 Å². The van der Waals surface area contributed by atoms with E-state index in [0.717, 1.165) is 67.1 Å². The zero-order valence-electron chi connectivity index (χ0n) is 28.0. The third-order valence-electron chi connectivity index (χ3n) is 9.02. The maximum absolute atomic E-state index is 14.2. The van der Waals surface area contributed by atoms with E-state index < -0.39 is 0 Å². The van der Waals surface area contributed by atoms with Crippen molar-refractivity contribution in [2.45, 2.75) is 65.7 Å². The smallest absolute Gasteiger partial charge is 0.306 e. The van der Waals surface area contributed by atoms with Crippen LogP contribution < -0.4 is 19.3 Å². The largest absolute Gasteiger partial charge is 0.497 e. The lowest BCUT2D eigenvalue weighted by atomic mass is 9.91. The van der Waals surface area contributed by atoms with E-state index in [2.05, 4.69) is 35.9 Å². The number of hydrogen-bond acceptors (Lipinski definition) is 7. The molecular weight excluding hydrogens is 578 g/mol. The Morgan fingerprint density at radius 3 is 2.46 bits per heavy atom. The van der Waals surface area contributed by atoms with E-state index in [0.29, 0.717) is 49.4 Å². The van der Waals surface area contributed by atoms with Crippen molar-refractivity contribution in [3.05, 3.63) is 77.5 Å². The molecule has 246 valence electrons. The van der Waals surface area contributed by atoms with Crippen LogP contribution in [0, 0.1) is 24.7 Å². The fraction of sp³-hybridized carbons (Fsp3) is 0.500. The average Bonchev–Trinajstić information content (AvgIpc) is 3.91. The molecule has 2 aromatic carbocycles. The summed E-state index contributed by atoms with van der Waals surface area (Å²) in [6.07, 6.45) is 6.41. The predicted molar refractivity (Wildman–Crippen MR) is 182 cm³/mol. The molecule has 1 atom stereocenters. The molecule has 2 aliphatic rings. The second-order valence-corrected chi connectivity index (χ2v) is 13.2. The summed E-state index contributed by atoms with van der Waals surface area (Å²) in [5.41, 5.74) is 3.78. The molecule has 0 radical (unpaired) electrons. The van der Waals surface area contributed by atoms with Crippen LogP contribution in [-0.4, -0.2) is 56.8 Å². The summed E-state index contributed by atoms with van der Waals surface area (Å²) < 4.78 is 17.2. The van der Waals surface area contributed by atoms with Gasteiger partial charge in [0, 0.05) is 31.9 Å². The molecule has 8 nitrogen and oxygen atoms in total. The molecule has 1 saturated heterocycles. The van der Waals surface area contributed by atoms with Crippen LogP contribution in [0.5, 0.6) is 11.5 Å². The molecule has 1 saturated carbocycles. The highest BCUT2D eigenvalue weighted by Gasteiger charge is 2.34. The first-order valence-electron chi connectivity index (χ1n) is 16.8. The normalized spacial score (nSPS) is 15.8. The molecule has 5 rings (SSSR count). The van der Waals surface area contributed by atoms with Crippen LogP contribution in [0.15, 0.2) is 60.8 Å². The molecule has 0 N–H and O–H groups in total. The molecule has 1 unspecified atom stereocenters. The number of amides is 1. The number of benzene rings is 2. The number of nitrogens with zero attached hydrogens (tertiary/aromatic N) is 3. The van der Waals surface area contributed by atoms with Crippen molar-refractivity contribution in [3.8, 4) is 11.5 Å². The van der Waals surface area contributed by atoms with E-state index in [1.807, 2.05) is 56.3 Å². The number of carbonyl (C=O) groups is 2. The van der Waals surface area contributed by atoms with E-state index in [4.69, 9.17) is 14.2 Å². The quantitative estimate of drug-likeness (QED) is 0.172. The minimum Gasteiger partial charge on any atom is -0.497 e. The Hall–Kier alpha value is -4.07. The zero-order valence-corrected chi connectivity index (χ0v) is 28.0. The summed E-state index contributed by atoms with van der Waals surface area (Å²) in [6.45, 7) is 11.4. The number of ether oxygens (including phenoxy) is 3. The van der Waals surface area contributed by atoms with Gasteiger partial charge in [0.05, 0.1) is 38.0 Å². The number of methoxy groups -OCH3 is 1. The van der Waals surface area contributed by atoms with Gasteiger partial charge >= 0.3 is 5.97 Å². The molecule has 1 aromatic heterocycles. The monoisotopic (exact) mass is 627 g/mol. The van der Waals surface area contributed by atoms with Crippen LogP contribution >= 0.6 is 0 Å². The maximum atomic E-state index is 14.2. The summed E-state index contributed by atoms with van der Waals surface area (Å²) in [4.78, 5) is 35.1. The molecule has 1 aliphatic carbocycles. The molecule has 2 heterocycles.